The van der Waals surface area contributed by atoms with Crippen molar-refractivity contribution < 1.29 is 38.6 Å². The van der Waals surface area contributed by atoms with Crippen LogP contribution in [-0.4, -0.2) is 147 Å². The average molecular weight is 817 g/mol. The summed E-state index contributed by atoms with van der Waals surface area (Å²) >= 11 is 0. The predicted molar refractivity (Wildman–Crippen MR) is 227 cm³/mol. The van der Waals surface area contributed by atoms with Gasteiger partial charge >= 0.3 is 5.97 Å². The van der Waals surface area contributed by atoms with E-state index in [9.17, 15) is 29.1 Å². The van der Waals surface area contributed by atoms with E-state index in [1.807, 2.05) is 86.0 Å². The summed E-state index contributed by atoms with van der Waals surface area (Å²) in [6.45, 7) is 15.8. The number of benzene rings is 1. The van der Waals surface area contributed by atoms with Gasteiger partial charge in [-0.3, -0.25) is 24.1 Å². The van der Waals surface area contributed by atoms with Gasteiger partial charge in [0.1, 0.15) is 12.1 Å². The number of carboxylic acids is 1. The lowest BCUT2D eigenvalue weighted by molar-refractivity contribution is -0.148. The van der Waals surface area contributed by atoms with Gasteiger partial charge < -0.3 is 40.3 Å². The number of amides is 4. The number of aliphatic carboxylic acids is 1. The lowest BCUT2D eigenvalue weighted by atomic mass is 9.89. The van der Waals surface area contributed by atoms with Gasteiger partial charge in [-0.25, -0.2) is 4.79 Å². The quantitative estimate of drug-likeness (QED) is 0.101. The number of methoxy groups -OCH3 is 2. The summed E-state index contributed by atoms with van der Waals surface area (Å²) in [6, 6.07) is 5.88. The molecule has 1 saturated heterocycles. The highest BCUT2D eigenvalue weighted by atomic mass is 16.5. The maximum absolute atomic E-state index is 14.4. The minimum atomic E-state index is -1.14. The fraction of sp³-hybridized carbons (Fsp3) is 0.750. The molecule has 14 nitrogen and oxygen atoms in total. The average Bonchev–Trinajstić information content (AvgIpc) is 3.67. The van der Waals surface area contributed by atoms with E-state index >= 15 is 0 Å². The summed E-state index contributed by atoms with van der Waals surface area (Å²) in [6.07, 6.45) is 2.74. The molecule has 0 bridgehead atoms. The van der Waals surface area contributed by atoms with E-state index in [0.29, 0.717) is 19.4 Å². The van der Waals surface area contributed by atoms with Crippen LogP contribution in [0.5, 0.6) is 0 Å². The number of carboxylic acid groups (broad SMARTS) is 1. The molecule has 58 heavy (non-hydrogen) atoms. The third-order valence-corrected chi connectivity index (χ3v) is 11.9. The van der Waals surface area contributed by atoms with Crippen molar-refractivity contribution in [3.63, 3.8) is 0 Å². The van der Waals surface area contributed by atoms with Crippen LogP contribution in [0.25, 0.3) is 0 Å². The minimum Gasteiger partial charge on any atom is -0.480 e. The van der Waals surface area contributed by atoms with Crippen molar-refractivity contribution >= 4 is 29.6 Å². The molecule has 4 amide bonds. The Hall–Kier alpha value is -3.59. The number of likely N-dealkylation sites (N-methyl/N-ethyl adjacent to an activating group) is 2. The van der Waals surface area contributed by atoms with E-state index < -0.39 is 60.2 Å². The lowest BCUT2D eigenvalue weighted by Crippen LogP contribution is -2.60. The first-order valence-electron chi connectivity index (χ1n) is 21.3. The van der Waals surface area contributed by atoms with Crippen LogP contribution >= 0.6 is 0 Å². The molecule has 0 saturated carbocycles. The zero-order valence-corrected chi connectivity index (χ0v) is 37.5. The number of nitrogens with one attached hydrogen (secondary N) is 3. The van der Waals surface area contributed by atoms with Crippen molar-refractivity contribution in [3.05, 3.63) is 35.9 Å². The number of carbonyl (C=O) groups excluding carboxylic acids is 4. The number of hydrogen-bond donors (Lipinski definition) is 4. The van der Waals surface area contributed by atoms with E-state index in [4.69, 9.17) is 9.47 Å². The SMILES string of the molecule is CCC(C)C(C(CC(=O)N1CCC[C@H]1C(OC)C(C)C(=O)NC(Cc1ccccc1)C(=O)O)OC)N(C)C(=O)C(NC(=O)C(C(C)C)N(C)CCCCNC)C(C)C. The van der Waals surface area contributed by atoms with Crippen LogP contribution in [0.1, 0.15) is 92.6 Å². The largest absolute Gasteiger partial charge is 0.480 e. The normalized spacial score (nSPS) is 18.6. The summed E-state index contributed by atoms with van der Waals surface area (Å²) in [5, 5.41) is 18.9. The molecule has 14 heteroatoms. The molecule has 4 N–H and O–H groups in total. The van der Waals surface area contributed by atoms with E-state index in [-0.39, 0.29) is 48.3 Å². The van der Waals surface area contributed by atoms with Crippen molar-refractivity contribution in [2.45, 2.75) is 136 Å². The minimum absolute atomic E-state index is 0.0126. The zero-order chi connectivity index (χ0) is 43.7. The fourth-order valence-electron chi connectivity index (χ4n) is 8.44. The maximum Gasteiger partial charge on any atom is 0.326 e. The van der Waals surface area contributed by atoms with Gasteiger partial charge in [-0.1, -0.05) is 85.2 Å². The highest BCUT2D eigenvalue weighted by Gasteiger charge is 2.43. The summed E-state index contributed by atoms with van der Waals surface area (Å²) < 4.78 is 11.9. The predicted octanol–water partition coefficient (Wildman–Crippen LogP) is 3.82. The van der Waals surface area contributed by atoms with Gasteiger partial charge in [0.2, 0.25) is 23.6 Å². The van der Waals surface area contributed by atoms with Gasteiger partial charge in [0.15, 0.2) is 0 Å². The summed E-state index contributed by atoms with van der Waals surface area (Å²) in [5.74, 6) is -3.20. The van der Waals surface area contributed by atoms with E-state index in [1.54, 1.807) is 30.9 Å². The van der Waals surface area contributed by atoms with Crippen LogP contribution in [0.4, 0.5) is 0 Å². The van der Waals surface area contributed by atoms with Gasteiger partial charge in [-0.05, 0) is 76.2 Å². The number of hydrogen-bond acceptors (Lipinski definition) is 9. The Morgan fingerprint density at radius 1 is 0.914 bits per heavy atom. The first-order chi connectivity index (χ1) is 27.4. The first kappa shape index (κ1) is 50.6. The van der Waals surface area contributed by atoms with Gasteiger partial charge in [-0.15, -0.1) is 0 Å². The van der Waals surface area contributed by atoms with E-state index in [0.717, 1.165) is 37.9 Å². The molecule has 0 aliphatic carbocycles. The van der Waals surface area contributed by atoms with Crippen LogP contribution in [0.2, 0.25) is 0 Å². The molecule has 8 unspecified atom stereocenters. The third kappa shape index (κ3) is 14.3. The Bertz CT molecular complexity index is 1430. The highest BCUT2D eigenvalue weighted by Crippen LogP contribution is 2.30. The Balaban J connectivity index is 2.26. The molecule has 1 aliphatic rings. The molecular weight excluding hydrogens is 741 g/mol. The number of carbonyl (C=O) groups is 5. The molecular formula is C44H76N6O8. The summed E-state index contributed by atoms with van der Waals surface area (Å²) in [7, 11) is 8.66. The van der Waals surface area contributed by atoms with Crippen LogP contribution in [0.15, 0.2) is 30.3 Å². The molecule has 1 aromatic rings. The molecule has 330 valence electrons. The summed E-state index contributed by atoms with van der Waals surface area (Å²) in [5.41, 5.74) is 0.785. The fourth-order valence-corrected chi connectivity index (χ4v) is 8.44. The highest BCUT2D eigenvalue weighted by molar-refractivity contribution is 5.90. The Labute approximate surface area is 348 Å². The number of likely N-dealkylation sites (tertiary alicyclic amines) is 1. The Kier molecular flexibility index (Phi) is 21.9. The molecule has 0 spiro atoms. The number of rotatable bonds is 26. The number of ether oxygens (including phenoxy) is 2. The van der Waals surface area contributed by atoms with E-state index in [1.165, 1.54) is 7.11 Å². The van der Waals surface area contributed by atoms with Gasteiger partial charge in [0.05, 0.1) is 42.7 Å². The standard InChI is InChI=1S/C44H76N6O8/c1-13-30(6)39(49(10)43(54)37(28(2)3)47-42(53)38(29(4)5)48(9)24-18-17-23-45-8)35(57-11)27-36(51)50-25-19-22-34(50)40(58-12)31(7)41(52)46-33(44(55)56)26-32-20-15-14-16-21-32/h14-16,20-21,28-31,33-35,37-40,45H,13,17-19,22-27H2,1-12H3,(H,46,52)(H,47,53)(H,55,56)/t30?,31?,33?,34-,35?,37?,38?,39?,40?/m0/s1. The Morgan fingerprint density at radius 2 is 1.57 bits per heavy atom. The summed E-state index contributed by atoms with van der Waals surface area (Å²) in [4.78, 5) is 73.7. The molecule has 0 aromatic heterocycles. The van der Waals surface area contributed by atoms with Gasteiger partial charge in [-0.2, -0.15) is 0 Å². The monoisotopic (exact) mass is 817 g/mol. The van der Waals surface area contributed by atoms with Crippen molar-refractivity contribution in [2.75, 3.05) is 55.0 Å². The second-order valence-electron chi connectivity index (χ2n) is 16.9. The lowest BCUT2D eigenvalue weighted by Gasteiger charge is -2.41. The smallest absolute Gasteiger partial charge is 0.326 e. The number of unbranched alkanes of at least 4 members (excludes halogenated alkanes) is 1. The topological polar surface area (TPSA) is 170 Å². The van der Waals surface area contributed by atoms with Crippen LogP contribution in [0, 0.1) is 23.7 Å². The van der Waals surface area contributed by atoms with Crippen LogP contribution < -0.4 is 16.0 Å². The third-order valence-electron chi connectivity index (χ3n) is 11.9. The molecule has 1 heterocycles. The second kappa shape index (κ2) is 25.1. The number of nitrogens with zero attached hydrogens (tertiary/aromatic N) is 3. The zero-order valence-electron chi connectivity index (χ0n) is 37.5. The molecule has 9 atom stereocenters. The van der Waals surface area contributed by atoms with Crippen LogP contribution in [-0.2, 0) is 39.9 Å². The molecule has 2 rings (SSSR count). The Morgan fingerprint density at radius 3 is 2.10 bits per heavy atom. The van der Waals surface area contributed by atoms with Crippen molar-refractivity contribution in [3.8, 4) is 0 Å². The van der Waals surface area contributed by atoms with Crippen molar-refractivity contribution in [2.24, 2.45) is 23.7 Å². The van der Waals surface area contributed by atoms with E-state index in [2.05, 4.69) is 20.9 Å². The first-order valence-corrected chi connectivity index (χ1v) is 21.3. The molecule has 1 fully saturated rings. The van der Waals surface area contributed by atoms with Gasteiger partial charge in [0, 0.05) is 34.2 Å². The van der Waals surface area contributed by atoms with Crippen molar-refractivity contribution in [1.82, 2.24) is 30.7 Å². The van der Waals surface area contributed by atoms with Crippen molar-refractivity contribution in [1.29, 1.82) is 0 Å². The molecule has 1 aromatic carbocycles. The molecule has 1 aliphatic heterocycles. The molecule has 0 radical (unpaired) electrons. The van der Waals surface area contributed by atoms with Gasteiger partial charge in [0.25, 0.3) is 0 Å². The second-order valence-corrected chi connectivity index (χ2v) is 16.9. The maximum atomic E-state index is 14.4. The van der Waals surface area contributed by atoms with Crippen LogP contribution in [0.3, 0.4) is 0 Å².